The van der Waals surface area contributed by atoms with Crippen molar-refractivity contribution in [2.75, 3.05) is 13.1 Å². The zero-order chi connectivity index (χ0) is 18.5. The molecule has 2 aromatic rings. The molecule has 2 aromatic carbocycles. The number of ether oxygens (including phenoxy) is 1. The number of aliphatic hydroxyl groups excluding tert-OH is 1. The van der Waals surface area contributed by atoms with Crippen molar-refractivity contribution in [3.05, 3.63) is 71.3 Å². The second-order valence-electron chi connectivity index (χ2n) is 8.06. The Kier molecular flexibility index (Phi) is 6.23. The number of nitrogens with zero attached hydrogens (tertiary/aromatic N) is 1. The SMILES string of the molecule is O[C@H]1[C@H](N2CCCCC2)CC[C@H]1OCc1ccc(Cc2ccccc2)cc1. The van der Waals surface area contributed by atoms with E-state index in [4.69, 9.17) is 4.74 Å². The Hall–Kier alpha value is -1.68. The zero-order valence-electron chi connectivity index (χ0n) is 16.1. The third-order valence-electron chi connectivity index (χ3n) is 6.12. The summed E-state index contributed by atoms with van der Waals surface area (Å²) in [6, 6.07) is 19.5. The molecule has 0 amide bonds. The van der Waals surface area contributed by atoms with Crippen LogP contribution in [0, 0.1) is 0 Å². The average Bonchev–Trinajstić information content (AvgIpc) is 3.09. The molecular weight excluding hydrogens is 334 g/mol. The van der Waals surface area contributed by atoms with E-state index in [0.29, 0.717) is 12.6 Å². The van der Waals surface area contributed by atoms with Crippen LogP contribution in [0.4, 0.5) is 0 Å². The molecule has 0 radical (unpaired) electrons. The highest BCUT2D eigenvalue weighted by Crippen LogP contribution is 2.29. The van der Waals surface area contributed by atoms with Gasteiger partial charge in [0.05, 0.1) is 18.8 Å². The van der Waals surface area contributed by atoms with Crippen LogP contribution in [0.2, 0.25) is 0 Å². The molecule has 0 aromatic heterocycles. The van der Waals surface area contributed by atoms with Crippen molar-refractivity contribution < 1.29 is 9.84 Å². The summed E-state index contributed by atoms with van der Waals surface area (Å²) < 4.78 is 6.10. The Morgan fingerprint density at radius 3 is 2.22 bits per heavy atom. The quantitative estimate of drug-likeness (QED) is 0.834. The van der Waals surface area contributed by atoms with Gasteiger partial charge in [-0.2, -0.15) is 0 Å². The van der Waals surface area contributed by atoms with Crippen LogP contribution in [0.15, 0.2) is 54.6 Å². The molecule has 1 heterocycles. The van der Waals surface area contributed by atoms with Gasteiger partial charge in [0, 0.05) is 6.04 Å². The molecule has 144 valence electrons. The summed E-state index contributed by atoms with van der Waals surface area (Å²) in [5.41, 5.74) is 3.83. The standard InChI is InChI=1S/C24H31NO2/c26-24-22(25-15-5-2-6-16-25)13-14-23(24)27-18-21-11-9-20(10-12-21)17-19-7-3-1-4-8-19/h1,3-4,7-12,22-24,26H,2,5-6,13-18H2/t22-,23-,24+/m1/s1. The van der Waals surface area contributed by atoms with E-state index in [1.165, 1.54) is 36.0 Å². The molecule has 0 spiro atoms. The minimum atomic E-state index is -0.347. The van der Waals surface area contributed by atoms with E-state index in [1.54, 1.807) is 0 Å². The summed E-state index contributed by atoms with van der Waals surface area (Å²) in [6.45, 7) is 2.86. The first kappa shape index (κ1) is 18.7. The Bertz CT molecular complexity index is 694. The summed E-state index contributed by atoms with van der Waals surface area (Å²) in [4.78, 5) is 2.48. The molecule has 0 bridgehead atoms. The second-order valence-corrected chi connectivity index (χ2v) is 8.06. The van der Waals surface area contributed by atoms with Crippen molar-refractivity contribution >= 4 is 0 Å². The van der Waals surface area contributed by atoms with E-state index in [2.05, 4.69) is 59.5 Å². The summed E-state index contributed by atoms with van der Waals surface area (Å²) in [7, 11) is 0. The van der Waals surface area contributed by atoms with Crippen LogP contribution in [0.1, 0.15) is 48.8 Å². The van der Waals surface area contributed by atoms with Gasteiger partial charge < -0.3 is 9.84 Å². The molecule has 3 nitrogen and oxygen atoms in total. The highest BCUT2D eigenvalue weighted by atomic mass is 16.5. The lowest BCUT2D eigenvalue weighted by Crippen LogP contribution is -2.46. The summed E-state index contributed by atoms with van der Waals surface area (Å²) in [5.74, 6) is 0. The first-order valence-electron chi connectivity index (χ1n) is 10.4. The molecule has 1 aliphatic heterocycles. The van der Waals surface area contributed by atoms with Crippen molar-refractivity contribution in [1.82, 2.24) is 4.90 Å². The number of benzene rings is 2. The van der Waals surface area contributed by atoms with Crippen molar-refractivity contribution in [1.29, 1.82) is 0 Å². The highest BCUT2D eigenvalue weighted by molar-refractivity contribution is 5.28. The highest BCUT2D eigenvalue weighted by Gasteiger charge is 2.39. The molecular formula is C24H31NO2. The van der Waals surface area contributed by atoms with Crippen molar-refractivity contribution in [2.24, 2.45) is 0 Å². The lowest BCUT2D eigenvalue weighted by molar-refractivity contribution is -0.0516. The smallest absolute Gasteiger partial charge is 0.0956 e. The minimum Gasteiger partial charge on any atom is -0.389 e. The van der Waals surface area contributed by atoms with Crippen LogP contribution in [0.5, 0.6) is 0 Å². The maximum atomic E-state index is 10.7. The molecule has 1 N–H and O–H groups in total. The molecule has 2 aliphatic rings. The predicted molar refractivity (Wildman–Crippen MR) is 109 cm³/mol. The van der Waals surface area contributed by atoms with Gasteiger partial charge in [0.2, 0.25) is 0 Å². The van der Waals surface area contributed by atoms with E-state index in [0.717, 1.165) is 32.4 Å². The zero-order valence-corrected chi connectivity index (χ0v) is 16.1. The first-order valence-corrected chi connectivity index (χ1v) is 10.4. The fourth-order valence-electron chi connectivity index (χ4n) is 4.54. The number of likely N-dealkylation sites (tertiary alicyclic amines) is 1. The molecule has 1 aliphatic carbocycles. The number of aliphatic hydroxyl groups is 1. The Balaban J connectivity index is 1.27. The maximum absolute atomic E-state index is 10.7. The first-order chi connectivity index (χ1) is 13.3. The third kappa shape index (κ3) is 4.78. The maximum Gasteiger partial charge on any atom is 0.0956 e. The van der Waals surface area contributed by atoms with Crippen molar-refractivity contribution in [3.63, 3.8) is 0 Å². The lowest BCUT2D eigenvalue weighted by Gasteiger charge is -2.34. The molecule has 4 rings (SSSR count). The average molecular weight is 366 g/mol. The van der Waals surface area contributed by atoms with E-state index >= 15 is 0 Å². The van der Waals surface area contributed by atoms with Crippen LogP contribution in [-0.4, -0.2) is 41.3 Å². The Morgan fingerprint density at radius 1 is 0.815 bits per heavy atom. The Labute approximate surface area is 163 Å². The van der Waals surface area contributed by atoms with E-state index in [9.17, 15) is 5.11 Å². The van der Waals surface area contributed by atoms with E-state index < -0.39 is 0 Å². The number of hydrogen-bond donors (Lipinski definition) is 1. The van der Waals surface area contributed by atoms with E-state index in [-0.39, 0.29) is 12.2 Å². The molecule has 3 atom stereocenters. The molecule has 1 saturated heterocycles. The number of piperidine rings is 1. The van der Waals surface area contributed by atoms with Gasteiger partial charge >= 0.3 is 0 Å². The van der Waals surface area contributed by atoms with Gasteiger partial charge in [-0.05, 0) is 61.9 Å². The molecule has 2 fully saturated rings. The number of rotatable bonds is 6. The molecule has 3 heteroatoms. The van der Waals surface area contributed by atoms with Crippen LogP contribution >= 0.6 is 0 Å². The van der Waals surface area contributed by atoms with Gasteiger partial charge in [0.25, 0.3) is 0 Å². The summed E-state index contributed by atoms with van der Waals surface area (Å²) in [5, 5.41) is 10.7. The fraction of sp³-hybridized carbons (Fsp3) is 0.500. The van der Waals surface area contributed by atoms with Crippen LogP contribution in [0.3, 0.4) is 0 Å². The molecule has 1 saturated carbocycles. The van der Waals surface area contributed by atoms with Gasteiger partial charge in [0.15, 0.2) is 0 Å². The van der Waals surface area contributed by atoms with Gasteiger partial charge in [0.1, 0.15) is 0 Å². The topological polar surface area (TPSA) is 32.7 Å². The van der Waals surface area contributed by atoms with Crippen molar-refractivity contribution in [3.8, 4) is 0 Å². The monoisotopic (exact) mass is 365 g/mol. The fourth-order valence-corrected chi connectivity index (χ4v) is 4.54. The van der Waals surface area contributed by atoms with Gasteiger partial charge in [-0.25, -0.2) is 0 Å². The van der Waals surface area contributed by atoms with Crippen LogP contribution in [-0.2, 0) is 17.8 Å². The largest absolute Gasteiger partial charge is 0.389 e. The van der Waals surface area contributed by atoms with Gasteiger partial charge in [-0.1, -0.05) is 61.0 Å². The van der Waals surface area contributed by atoms with Gasteiger partial charge in [-0.15, -0.1) is 0 Å². The molecule has 0 unspecified atom stereocenters. The second kappa shape index (κ2) is 9.01. The lowest BCUT2D eigenvalue weighted by atomic mass is 10.0. The Morgan fingerprint density at radius 2 is 1.48 bits per heavy atom. The third-order valence-corrected chi connectivity index (χ3v) is 6.12. The number of hydrogen-bond acceptors (Lipinski definition) is 3. The van der Waals surface area contributed by atoms with Gasteiger partial charge in [-0.3, -0.25) is 4.90 Å². The van der Waals surface area contributed by atoms with Crippen LogP contribution in [0.25, 0.3) is 0 Å². The summed E-state index contributed by atoms with van der Waals surface area (Å²) in [6.07, 6.45) is 6.48. The van der Waals surface area contributed by atoms with Crippen molar-refractivity contribution in [2.45, 2.75) is 63.4 Å². The van der Waals surface area contributed by atoms with Crippen LogP contribution < -0.4 is 0 Å². The van der Waals surface area contributed by atoms with E-state index in [1.807, 2.05) is 0 Å². The summed E-state index contributed by atoms with van der Waals surface area (Å²) >= 11 is 0. The normalized spacial score (nSPS) is 26.3. The molecule has 27 heavy (non-hydrogen) atoms. The predicted octanol–water partition coefficient (Wildman–Crippen LogP) is 4.17. The minimum absolute atomic E-state index is 0.0269.